The van der Waals surface area contributed by atoms with Crippen molar-refractivity contribution in [1.82, 2.24) is 20.1 Å². The maximum Gasteiger partial charge on any atom is 0.318 e. The zero-order valence-corrected chi connectivity index (χ0v) is 24.6. The van der Waals surface area contributed by atoms with E-state index >= 15 is 0 Å². The summed E-state index contributed by atoms with van der Waals surface area (Å²) in [5, 5.41) is 9.24. The molecule has 1 saturated heterocycles. The minimum Gasteiger partial charge on any atom is -0.497 e. The van der Waals surface area contributed by atoms with Crippen LogP contribution in [0, 0.1) is 0 Å². The normalized spacial score (nSPS) is 17.3. The van der Waals surface area contributed by atoms with Crippen molar-refractivity contribution in [3.05, 3.63) is 53.6 Å². The van der Waals surface area contributed by atoms with Crippen molar-refractivity contribution in [1.29, 1.82) is 0 Å². The van der Waals surface area contributed by atoms with Gasteiger partial charge in [0.2, 0.25) is 0 Å². The van der Waals surface area contributed by atoms with Crippen LogP contribution in [0.2, 0.25) is 0 Å². The number of hydrazone groups is 1. The standard InChI is InChI=1S/C30H41N5O6/c1-21(2)31-30(37)34(13-12-33-14-16-41-17-15-33)20-29(36)35-26(23-8-11-27(39-4)28(18-23)40-5)19-25(32-35)22-6-9-24(38-3)10-7-22/h6-11,18,21,26H,12-17,19-20H2,1-5H3,(H,31,37)/t26-/m1/s1. The first-order valence-corrected chi connectivity index (χ1v) is 13.9. The lowest BCUT2D eigenvalue weighted by Gasteiger charge is -2.31. The van der Waals surface area contributed by atoms with Gasteiger partial charge < -0.3 is 29.2 Å². The van der Waals surface area contributed by atoms with E-state index in [2.05, 4.69) is 10.2 Å². The Bertz CT molecular complexity index is 1210. The average molecular weight is 568 g/mol. The molecule has 0 aromatic heterocycles. The Balaban J connectivity index is 1.60. The summed E-state index contributed by atoms with van der Waals surface area (Å²) in [6, 6.07) is 12.5. The van der Waals surface area contributed by atoms with E-state index in [0.29, 0.717) is 44.2 Å². The number of hydrogen-bond acceptors (Lipinski definition) is 8. The molecule has 2 aliphatic rings. The number of ether oxygens (including phenoxy) is 4. The van der Waals surface area contributed by atoms with E-state index in [-0.39, 0.29) is 30.6 Å². The molecule has 0 aliphatic carbocycles. The maximum atomic E-state index is 13.9. The van der Waals surface area contributed by atoms with Crippen molar-refractivity contribution in [3.8, 4) is 17.2 Å². The molecular formula is C30H41N5O6. The molecular weight excluding hydrogens is 526 g/mol. The fourth-order valence-electron chi connectivity index (χ4n) is 4.93. The van der Waals surface area contributed by atoms with E-state index in [0.717, 1.165) is 35.7 Å². The first-order chi connectivity index (χ1) is 19.8. The molecule has 4 rings (SSSR count). The molecule has 11 nitrogen and oxygen atoms in total. The van der Waals surface area contributed by atoms with Crippen molar-refractivity contribution >= 4 is 17.6 Å². The van der Waals surface area contributed by atoms with Crippen LogP contribution in [-0.2, 0) is 9.53 Å². The van der Waals surface area contributed by atoms with Gasteiger partial charge in [-0.05, 0) is 61.4 Å². The zero-order chi connectivity index (χ0) is 29.4. The molecule has 2 aromatic rings. The van der Waals surface area contributed by atoms with Crippen molar-refractivity contribution in [2.45, 2.75) is 32.4 Å². The Hall–Kier alpha value is -3.83. The third-order valence-electron chi connectivity index (χ3n) is 7.20. The van der Waals surface area contributed by atoms with Crippen LogP contribution < -0.4 is 19.5 Å². The zero-order valence-electron chi connectivity index (χ0n) is 24.6. The van der Waals surface area contributed by atoms with Gasteiger partial charge >= 0.3 is 6.03 Å². The number of urea groups is 1. The molecule has 1 N–H and O–H groups in total. The van der Waals surface area contributed by atoms with Gasteiger partial charge in [0.05, 0.1) is 46.3 Å². The third kappa shape index (κ3) is 7.68. The number of carbonyl (C=O) groups is 2. The quantitative estimate of drug-likeness (QED) is 0.445. The van der Waals surface area contributed by atoms with Gasteiger partial charge in [-0.25, -0.2) is 9.80 Å². The van der Waals surface area contributed by atoms with Crippen molar-refractivity contribution in [2.24, 2.45) is 5.10 Å². The number of rotatable bonds is 11. The van der Waals surface area contributed by atoms with Crippen LogP contribution in [0.25, 0.3) is 0 Å². The predicted molar refractivity (Wildman–Crippen MR) is 156 cm³/mol. The second kappa shape index (κ2) is 14.2. The molecule has 2 aliphatic heterocycles. The second-order valence-electron chi connectivity index (χ2n) is 10.3. The Morgan fingerprint density at radius 1 is 1.02 bits per heavy atom. The number of methoxy groups -OCH3 is 3. The summed E-state index contributed by atoms with van der Waals surface area (Å²) < 4.78 is 21.7. The largest absolute Gasteiger partial charge is 0.497 e. The van der Waals surface area contributed by atoms with Crippen LogP contribution >= 0.6 is 0 Å². The van der Waals surface area contributed by atoms with E-state index in [4.69, 9.17) is 24.0 Å². The minimum atomic E-state index is -0.381. The molecule has 0 radical (unpaired) electrons. The highest BCUT2D eigenvalue weighted by atomic mass is 16.5. The molecule has 1 atom stereocenters. The van der Waals surface area contributed by atoms with Crippen LogP contribution in [0.15, 0.2) is 47.6 Å². The molecule has 11 heteroatoms. The Labute approximate surface area is 242 Å². The van der Waals surface area contributed by atoms with E-state index in [1.54, 1.807) is 26.2 Å². The smallest absolute Gasteiger partial charge is 0.318 e. The summed E-state index contributed by atoms with van der Waals surface area (Å²) in [5.74, 6) is 1.64. The fourth-order valence-corrected chi connectivity index (χ4v) is 4.93. The van der Waals surface area contributed by atoms with Gasteiger partial charge in [0.25, 0.3) is 5.91 Å². The number of carbonyl (C=O) groups excluding carboxylic acids is 2. The van der Waals surface area contributed by atoms with Gasteiger partial charge in [0.1, 0.15) is 12.3 Å². The monoisotopic (exact) mass is 567 g/mol. The highest BCUT2D eigenvalue weighted by Crippen LogP contribution is 2.37. The Morgan fingerprint density at radius 3 is 2.37 bits per heavy atom. The van der Waals surface area contributed by atoms with Gasteiger partial charge in [-0.15, -0.1) is 0 Å². The lowest BCUT2D eigenvalue weighted by atomic mass is 9.98. The minimum absolute atomic E-state index is 0.0607. The second-order valence-corrected chi connectivity index (χ2v) is 10.3. The molecule has 222 valence electrons. The Morgan fingerprint density at radius 2 is 1.73 bits per heavy atom. The summed E-state index contributed by atoms with van der Waals surface area (Å²) in [7, 11) is 4.79. The molecule has 0 bridgehead atoms. The van der Waals surface area contributed by atoms with E-state index in [1.807, 2.05) is 56.3 Å². The number of amides is 3. The highest BCUT2D eigenvalue weighted by molar-refractivity contribution is 6.03. The topological polar surface area (TPSA) is 105 Å². The van der Waals surface area contributed by atoms with Crippen LogP contribution in [0.4, 0.5) is 4.79 Å². The summed E-state index contributed by atoms with van der Waals surface area (Å²) in [6.07, 6.45) is 0.500. The third-order valence-corrected chi connectivity index (χ3v) is 7.20. The molecule has 2 aromatic carbocycles. The van der Waals surface area contributed by atoms with Crippen LogP contribution in [0.5, 0.6) is 17.2 Å². The molecule has 0 saturated carbocycles. The molecule has 0 spiro atoms. The number of morpholine rings is 1. The van der Waals surface area contributed by atoms with Gasteiger partial charge in [-0.1, -0.05) is 6.07 Å². The van der Waals surface area contributed by atoms with Gasteiger partial charge in [0, 0.05) is 38.6 Å². The van der Waals surface area contributed by atoms with E-state index < -0.39 is 0 Å². The average Bonchev–Trinajstić information content (AvgIpc) is 3.44. The first-order valence-electron chi connectivity index (χ1n) is 13.9. The van der Waals surface area contributed by atoms with Gasteiger partial charge in [-0.2, -0.15) is 5.10 Å². The van der Waals surface area contributed by atoms with E-state index in [9.17, 15) is 9.59 Å². The number of nitrogens with zero attached hydrogens (tertiary/aromatic N) is 4. The molecule has 3 amide bonds. The first kappa shape index (κ1) is 30.1. The van der Waals surface area contributed by atoms with Gasteiger partial charge in [0.15, 0.2) is 11.5 Å². The van der Waals surface area contributed by atoms with Crippen LogP contribution in [-0.4, -0.2) is 106 Å². The molecule has 2 heterocycles. The van der Waals surface area contributed by atoms with E-state index in [1.165, 1.54) is 5.01 Å². The summed E-state index contributed by atoms with van der Waals surface area (Å²) >= 11 is 0. The van der Waals surface area contributed by atoms with Crippen molar-refractivity contribution in [2.75, 3.05) is 67.3 Å². The predicted octanol–water partition coefficient (Wildman–Crippen LogP) is 3.14. The maximum absolute atomic E-state index is 13.9. The molecule has 41 heavy (non-hydrogen) atoms. The number of hydrogen-bond donors (Lipinski definition) is 1. The summed E-state index contributed by atoms with van der Waals surface area (Å²) in [5.41, 5.74) is 2.52. The summed E-state index contributed by atoms with van der Waals surface area (Å²) in [4.78, 5) is 30.9. The number of benzene rings is 2. The Kier molecular flexibility index (Phi) is 10.4. The van der Waals surface area contributed by atoms with Crippen molar-refractivity contribution in [3.63, 3.8) is 0 Å². The molecule has 0 unspecified atom stereocenters. The lowest BCUT2D eigenvalue weighted by Crippen LogP contribution is -2.50. The summed E-state index contributed by atoms with van der Waals surface area (Å²) in [6.45, 7) is 7.70. The van der Waals surface area contributed by atoms with Crippen molar-refractivity contribution < 1.29 is 28.5 Å². The molecule has 1 fully saturated rings. The number of nitrogens with one attached hydrogen (secondary N) is 1. The fraction of sp³-hybridized carbons (Fsp3) is 0.500. The SMILES string of the molecule is COc1ccc(C2=NN(C(=O)CN(CCN3CCOCC3)C(=O)NC(C)C)[C@@H](c3ccc(OC)c(OC)c3)C2)cc1. The highest BCUT2D eigenvalue weighted by Gasteiger charge is 2.35. The lowest BCUT2D eigenvalue weighted by molar-refractivity contribution is -0.133. The van der Waals surface area contributed by atoms with Crippen LogP contribution in [0.1, 0.15) is 37.4 Å². The van der Waals surface area contributed by atoms with Crippen LogP contribution in [0.3, 0.4) is 0 Å². The van der Waals surface area contributed by atoms with Gasteiger partial charge in [-0.3, -0.25) is 9.69 Å².